The lowest BCUT2D eigenvalue weighted by molar-refractivity contribution is -0.142. The number of carboxylic acid groups (broad SMARTS) is 1. The van der Waals surface area contributed by atoms with Crippen LogP contribution in [0.5, 0.6) is 0 Å². The Morgan fingerprint density at radius 1 is 1.35 bits per heavy atom. The third-order valence-corrected chi connectivity index (χ3v) is 3.31. The highest BCUT2D eigenvalue weighted by atomic mass is 16.5. The summed E-state index contributed by atoms with van der Waals surface area (Å²) in [6, 6.07) is -0.275. The van der Waals surface area contributed by atoms with Crippen molar-refractivity contribution in [2.45, 2.75) is 32.7 Å². The van der Waals surface area contributed by atoms with Crippen LogP contribution in [-0.4, -0.2) is 54.2 Å². The summed E-state index contributed by atoms with van der Waals surface area (Å²) in [7, 11) is 1.27. The highest BCUT2D eigenvalue weighted by Crippen LogP contribution is 2.21. The lowest BCUT2D eigenvalue weighted by atomic mass is 9.91. The SMILES string of the molecule is COC(=O)NC1CC(CC(=O)O)CN(C(=O)C(C)C)C1. The number of nitrogens with zero attached hydrogens (tertiary/aromatic N) is 1. The fraction of sp³-hybridized carbons (Fsp3) is 0.769. The van der Waals surface area contributed by atoms with Gasteiger partial charge in [0.15, 0.2) is 0 Å². The van der Waals surface area contributed by atoms with Crippen LogP contribution in [0.2, 0.25) is 0 Å². The number of carbonyl (C=O) groups excluding carboxylic acids is 2. The Bertz CT molecular complexity index is 383. The summed E-state index contributed by atoms with van der Waals surface area (Å²) < 4.78 is 4.54. The van der Waals surface area contributed by atoms with E-state index in [4.69, 9.17) is 5.11 Å². The van der Waals surface area contributed by atoms with Gasteiger partial charge in [-0.2, -0.15) is 0 Å². The van der Waals surface area contributed by atoms with Crippen molar-refractivity contribution in [3.05, 3.63) is 0 Å². The lowest BCUT2D eigenvalue weighted by Crippen LogP contribution is -2.53. The van der Waals surface area contributed by atoms with E-state index in [2.05, 4.69) is 10.1 Å². The van der Waals surface area contributed by atoms with Crippen LogP contribution < -0.4 is 5.32 Å². The van der Waals surface area contributed by atoms with Gasteiger partial charge in [-0.3, -0.25) is 9.59 Å². The molecule has 1 heterocycles. The quantitative estimate of drug-likeness (QED) is 0.792. The number of likely N-dealkylation sites (tertiary alicyclic amines) is 1. The Balaban J connectivity index is 2.74. The molecule has 1 fully saturated rings. The molecular weight excluding hydrogens is 264 g/mol. The molecule has 7 heteroatoms. The number of methoxy groups -OCH3 is 1. The number of carboxylic acids is 1. The van der Waals surface area contributed by atoms with Crippen LogP contribution in [0.15, 0.2) is 0 Å². The number of carbonyl (C=O) groups is 3. The average molecular weight is 286 g/mol. The van der Waals surface area contributed by atoms with Crippen molar-refractivity contribution < 1.29 is 24.2 Å². The van der Waals surface area contributed by atoms with E-state index in [9.17, 15) is 14.4 Å². The Kier molecular flexibility index (Phi) is 5.79. The highest BCUT2D eigenvalue weighted by Gasteiger charge is 2.32. The molecule has 114 valence electrons. The van der Waals surface area contributed by atoms with Gasteiger partial charge < -0.3 is 20.1 Å². The normalized spacial score (nSPS) is 22.5. The van der Waals surface area contributed by atoms with E-state index in [0.29, 0.717) is 19.5 Å². The third-order valence-electron chi connectivity index (χ3n) is 3.31. The second-order valence-corrected chi connectivity index (χ2v) is 5.43. The number of hydrogen-bond donors (Lipinski definition) is 2. The van der Waals surface area contributed by atoms with Gasteiger partial charge in [-0.05, 0) is 12.3 Å². The molecule has 20 heavy (non-hydrogen) atoms. The number of piperidine rings is 1. The zero-order chi connectivity index (χ0) is 15.3. The van der Waals surface area contributed by atoms with Crippen LogP contribution in [0.3, 0.4) is 0 Å². The van der Waals surface area contributed by atoms with E-state index in [1.165, 1.54) is 7.11 Å². The fourth-order valence-corrected chi connectivity index (χ4v) is 2.47. The molecule has 0 saturated carbocycles. The molecule has 0 aromatic heterocycles. The van der Waals surface area contributed by atoms with Crippen LogP contribution in [0, 0.1) is 11.8 Å². The van der Waals surface area contributed by atoms with Crippen molar-refractivity contribution in [3.63, 3.8) is 0 Å². The molecule has 0 bridgehead atoms. The molecule has 0 radical (unpaired) electrons. The predicted octanol–water partition coefficient (Wildman–Crippen LogP) is 0.690. The van der Waals surface area contributed by atoms with E-state index in [0.717, 1.165) is 0 Å². The number of nitrogens with one attached hydrogen (secondary N) is 1. The Morgan fingerprint density at radius 3 is 2.50 bits per heavy atom. The maximum atomic E-state index is 12.1. The molecule has 0 aliphatic carbocycles. The third kappa shape index (κ3) is 4.71. The first-order valence-corrected chi connectivity index (χ1v) is 6.68. The van der Waals surface area contributed by atoms with Crippen molar-refractivity contribution >= 4 is 18.0 Å². The molecule has 1 aliphatic heterocycles. The van der Waals surface area contributed by atoms with E-state index in [1.807, 2.05) is 0 Å². The zero-order valence-electron chi connectivity index (χ0n) is 12.1. The predicted molar refractivity (Wildman–Crippen MR) is 71.1 cm³/mol. The van der Waals surface area contributed by atoms with Crippen LogP contribution in [-0.2, 0) is 14.3 Å². The first kappa shape index (κ1) is 16.3. The summed E-state index contributed by atoms with van der Waals surface area (Å²) in [5, 5.41) is 11.5. The molecule has 2 unspecified atom stereocenters. The molecule has 0 spiro atoms. The summed E-state index contributed by atoms with van der Waals surface area (Å²) in [5.74, 6) is -1.24. The second kappa shape index (κ2) is 7.12. The van der Waals surface area contributed by atoms with Gasteiger partial charge >= 0.3 is 12.1 Å². The van der Waals surface area contributed by atoms with Crippen molar-refractivity contribution in [2.24, 2.45) is 11.8 Å². The van der Waals surface area contributed by atoms with Crippen LogP contribution in [0.1, 0.15) is 26.7 Å². The smallest absolute Gasteiger partial charge is 0.407 e. The van der Waals surface area contributed by atoms with Gasteiger partial charge in [-0.15, -0.1) is 0 Å². The topological polar surface area (TPSA) is 95.9 Å². The van der Waals surface area contributed by atoms with Gasteiger partial charge in [0.05, 0.1) is 13.2 Å². The molecule has 0 aromatic carbocycles. The summed E-state index contributed by atoms with van der Waals surface area (Å²) in [4.78, 5) is 35.8. The van der Waals surface area contributed by atoms with Gasteiger partial charge in [0.25, 0.3) is 0 Å². The number of amides is 2. The summed E-state index contributed by atoms with van der Waals surface area (Å²) in [6.45, 7) is 4.41. The molecule has 2 amide bonds. The Morgan fingerprint density at radius 2 is 2.00 bits per heavy atom. The highest BCUT2D eigenvalue weighted by molar-refractivity contribution is 5.78. The minimum Gasteiger partial charge on any atom is -0.481 e. The summed E-state index contributed by atoms with van der Waals surface area (Å²) >= 11 is 0. The van der Waals surface area contributed by atoms with Crippen LogP contribution in [0.25, 0.3) is 0 Å². The monoisotopic (exact) mass is 286 g/mol. The average Bonchev–Trinajstić information content (AvgIpc) is 2.36. The summed E-state index contributed by atoms with van der Waals surface area (Å²) in [5.41, 5.74) is 0. The number of ether oxygens (including phenoxy) is 1. The Hall–Kier alpha value is -1.79. The van der Waals surface area contributed by atoms with Crippen molar-refractivity contribution in [1.29, 1.82) is 0 Å². The molecule has 2 atom stereocenters. The molecular formula is C13H22N2O5. The van der Waals surface area contributed by atoms with Crippen LogP contribution in [0.4, 0.5) is 4.79 Å². The van der Waals surface area contributed by atoms with Crippen LogP contribution >= 0.6 is 0 Å². The van der Waals surface area contributed by atoms with E-state index >= 15 is 0 Å². The number of alkyl carbamates (subject to hydrolysis) is 1. The van der Waals surface area contributed by atoms with E-state index in [1.54, 1.807) is 18.7 Å². The molecule has 1 saturated heterocycles. The molecule has 7 nitrogen and oxygen atoms in total. The maximum Gasteiger partial charge on any atom is 0.407 e. The lowest BCUT2D eigenvalue weighted by Gasteiger charge is -2.38. The standard InChI is InChI=1S/C13H22N2O5/c1-8(2)12(18)15-6-9(5-11(16)17)4-10(7-15)14-13(19)20-3/h8-10H,4-7H2,1-3H3,(H,14,19)(H,16,17). The van der Waals surface area contributed by atoms with E-state index in [-0.39, 0.29) is 30.2 Å². The fourth-order valence-electron chi connectivity index (χ4n) is 2.47. The van der Waals surface area contributed by atoms with Gasteiger partial charge in [-0.1, -0.05) is 13.8 Å². The second-order valence-electron chi connectivity index (χ2n) is 5.43. The van der Waals surface area contributed by atoms with Crippen molar-refractivity contribution in [2.75, 3.05) is 20.2 Å². The van der Waals surface area contributed by atoms with Gasteiger partial charge in [-0.25, -0.2) is 4.79 Å². The molecule has 0 aromatic rings. The van der Waals surface area contributed by atoms with Gasteiger partial charge in [0.2, 0.25) is 5.91 Å². The maximum absolute atomic E-state index is 12.1. The molecule has 1 aliphatic rings. The van der Waals surface area contributed by atoms with E-state index < -0.39 is 12.1 Å². The zero-order valence-corrected chi connectivity index (χ0v) is 12.1. The van der Waals surface area contributed by atoms with Crippen molar-refractivity contribution in [3.8, 4) is 0 Å². The first-order valence-electron chi connectivity index (χ1n) is 6.68. The molecule has 1 rings (SSSR count). The summed E-state index contributed by atoms with van der Waals surface area (Å²) in [6.07, 6.45) is -0.0484. The number of aliphatic carboxylic acids is 1. The largest absolute Gasteiger partial charge is 0.481 e. The van der Waals surface area contributed by atoms with Crippen molar-refractivity contribution in [1.82, 2.24) is 10.2 Å². The van der Waals surface area contributed by atoms with Gasteiger partial charge in [0, 0.05) is 25.4 Å². The van der Waals surface area contributed by atoms with Gasteiger partial charge in [0.1, 0.15) is 0 Å². The number of hydrogen-bond acceptors (Lipinski definition) is 4. The Labute approximate surface area is 118 Å². The minimum atomic E-state index is -0.898. The number of rotatable bonds is 4. The first-order chi connectivity index (χ1) is 9.33. The molecule has 2 N–H and O–H groups in total. The minimum absolute atomic E-state index is 0.0127.